The monoisotopic (exact) mass is 290 g/mol. The molecular formula is C17H22O4. The summed E-state index contributed by atoms with van der Waals surface area (Å²) in [6, 6.07) is 5.31. The lowest BCUT2D eigenvalue weighted by molar-refractivity contribution is -0.106. The molecule has 0 radical (unpaired) electrons. The number of ether oxygens (including phenoxy) is 3. The Hall–Kier alpha value is -1.81. The highest BCUT2D eigenvalue weighted by atomic mass is 16.7. The molecule has 4 heteroatoms. The Kier molecular flexibility index (Phi) is 5.39. The summed E-state index contributed by atoms with van der Waals surface area (Å²) < 4.78 is 16.3. The minimum atomic E-state index is -0.348. The minimum Gasteiger partial charge on any atom is -0.465 e. The molecule has 1 unspecified atom stereocenters. The average Bonchev–Trinajstić information content (AvgIpc) is 2.48. The number of methoxy groups -OCH3 is 1. The van der Waals surface area contributed by atoms with Crippen LogP contribution >= 0.6 is 0 Å². The quantitative estimate of drug-likeness (QED) is 0.791. The molecule has 4 nitrogen and oxygen atoms in total. The second-order valence-corrected chi connectivity index (χ2v) is 5.38. The fourth-order valence-corrected chi connectivity index (χ4v) is 2.27. The fraction of sp³-hybridized carbons (Fsp3) is 0.471. The maximum atomic E-state index is 11.6. The second-order valence-electron chi connectivity index (χ2n) is 5.38. The average molecular weight is 290 g/mol. The molecule has 1 fully saturated rings. The highest BCUT2D eigenvalue weighted by Crippen LogP contribution is 2.26. The predicted octanol–water partition coefficient (Wildman–Crippen LogP) is 3.80. The predicted molar refractivity (Wildman–Crippen MR) is 81.3 cm³/mol. The maximum absolute atomic E-state index is 11.6. The molecule has 21 heavy (non-hydrogen) atoms. The Morgan fingerprint density at radius 1 is 1.33 bits per heavy atom. The Labute approximate surface area is 125 Å². The van der Waals surface area contributed by atoms with E-state index in [2.05, 4.69) is 0 Å². The zero-order valence-electron chi connectivity index (χ0n) is 12.8. The molecule has 0 aliphatic carbocycles. The van der Waals surface area contributed by atoms with E-state index in [0.717, 1.165) is 42.8 Å². The molecular weight excluding hydrogens is 268 g/mol. The molecule has 114 valence electrons. The van der Waals surface area contributed by atoms with Crippen LogP contribution in [0, 0.1) is 0 Å². The van der Waals surface area contributed by atoms with Crippen LogP contribution in [0.25, 0.3) is 6.08 Å². The first-order valence-corrected chi connectivity index (χ1v) is 7.25. The van der Waals surface area contributed by atoms with Crippen LogP contribution in [-0.2, 0) is 9.47 Å². The zero-order valence-corrected chi connectivity index (χ0v) is 12.8. The summed E-state index contributed by atoms with van der Waals surface area (Å²) in [7, 11) is 1.38. The van der Waals surface area contributed by atoms with Gasteiger partial charge >= 0.3 is 5.97 Å². The van der Waals surface area contributed by atoms with E-state index in [-0.39, 0.29) is 12.3 Å². The Bertz CT molecular complexity index is 524. The van der Waals surface area contributed by atoms with Gasteiger partial charge in [-0.05, 0) is 44.9 Å². The van der Waals surface area contributed by atoms with Crippen LogP contribution in [0.1, 0.15) is 49.0 Å². The summed E-state index contributed by atoms with van der Waals surface area (Å²) >= 11 is 0. The van der Waals surface area contributed by atoms with E-state index in [0.29, 0.717) is 5.56 Å². The van der Waals surface area contributed by atoms with Crippen molar-refractivity contribution >= 4 is 12.0 Å². The number of esters is 1. The van der Waals surface area contributed by atoms with E-state index < -0.39 is 0 Å². The Morgan fingerprint density at radius 2 is 2.14 bits per heavy atom. The van der Waals surface area contributed by atoms with Gasteiger partial charge in [0.2, 0.25) is 0 Å². The third-order valence-electron chi connectivity index (χ3n) is 3.27. The molecule has 1 heterocycles. The second kappa shape index (κ2) is 7.27. The fourth-order valence-electron chi connectivity index (χ4n) is 2.27. The summed E-state index contributed by atoms with van der Waals surface area (Å²) in [6.07, 6.45) is 4.88. The minimum absolute atomic E-state index is 0.202. The smallest absolute Gasteiger partial charge is 0.337 e. The topological polar surface area (TPSA) is 44.8 Å². The van der Waals surface area contributed by atoms with Crippen molar-refractivity contribution in [1.29, 1.82) is 0 Å². The molecule has 1 aliphatic heterocycles. The number of rotatable bonds is 4. The highest BCUT2D eigenvalue weighted by Gasteiger charge is 2.17. The first-order chi connectivity index (χ1) is 10.1. The zero-order chi connectivity index (χ0) is 15.2. The van der Waals surface area contributed by atoms with Crippen molar-refractivity contribution in [2.75, 3.05) is 13.7 Å². The van der Waals surface area contributed by atoms with Crippen molar-refractivity contribution in [2.45, 2.75) is 39.4 Å². The molecule has 0 N–H and O–H groups in total. The van der Waals surface area contributed by atoms with Crippen molar-refractivity contribution in [1.82, 2.24) is 0 Å². The largest absolute Gasteiger partial charge is 0.465 e. The van der Waals surface area contributed by atoms with Gasteiger partial charge in [0.05, 0.1) is 19.3 Å². The first-order valence-electron chi connectivity index (χ1n) is 7.25. The van der Waals surface area contributed by atoms with Crippen molar-refractivity contribution < 1.29 is 19.0 Å². The van der Waals surface area contributed by atoms with E-state index in [1.807, 2.05) is 19.9 Å². The van der Waals surface area contributed by atoms with Crippen LogP contribution < -0.4 is 4.74 Å². The van der Waals surface area contributed by atoms with Crippen molar-refractivity contribution in [3.05, 3.63) is 34.9 Å². The van der Waals surface area contributed by atoms with E-state index >= 15 is 0 Å². The maximum Gasteiger partial charge on any atom is 0.337 e. The molecule has 1 saturated heterocycles. The van der Waals surface area contributed by atoms with Crippen LogP contribution in [0.15, 0.2) is 23.8 Å². The van der Waals surface area contributed by atoms with Gasteiger partial charge in [-0.25, -0.2) is 4.79 Å². The van der Waals surface area contributed by atoms with Gasteiger partial charge in [0.15, 0.2) is 6.29 Å². The van der Waals surface area contributed by atoms with Gasteiger partial charge in [-0.2, -0.15) is 0 Å². The molecule has 1 atom stereocenters. The number of hydrogen-bond donors (Lipinski definition) is 0. The van der Waals surface area contributed by atoms with E-state index in [4.69, 9.17) is 14.2 Å². The standard InChI is InChI=1S/C17H22O4/c1-12(2)10-14-11-13(17(18)19-3)7-8-15(14)21-16-6-4-5-9-20-16/h7-8,10-11,16H,4-6,9H2,1-3H3. The van der Waals surface area contributed by atoms with Crippen LogP contribution in [0.4, 0.5) is 0 Å². The van der Waals surface area contributed by atoms with Gasteiger partial charge in [-0.1, -0.05) is 11.6 Å². The lowest BCUT2D eigenvalue weighted by atomic mass is 10.1. The number of hydrogen-bond acceptors (Lipinski definition) is 4. The highest BCUT2D eigenvalue weighted by molar-refractivity contribution is 5.90. The number of carbonyl (C=O) groups excluding carboxylic acids is 1. The lowest BCUT2D eigenvalue weighted by Gasteiger charge is -2.24. The summed E-state index contributed by atoms with van der Waals surface area (Å²) in [5, 5.41) is 0. The molecule has 2 rings (SSSR count). The molecule has 1 aromatic rings. The van der Waals surface area contributed by atoms with Crippen molar-refractivity contribution in [3.63, 3.8) is 0 Å². The van der Waals surface area contributed by atoms with Gasteiger partial charge in [-0.15, -0.1) is 0 Å². The van der Waals surface area contributed by atoms with Gasteiger partial charge < -0.3 is 14.2 Å². The molecule has 1 aliphatic rings. The number of allylic oxidation sites excluding steroid dienone is 1. The van der Waals surface area contributed by atoms with Gasteiger partial charge in [-0.3, -0.25) is 0 Å². The summed E-state index contributed by atoms with van der Waals surface area (Å²) in [6.45, 7) is 4.75. The number of carbonyl (C=O) groups is 1. The lowest BCUT2D eigenvalue weighted by Crippen LogP contribution is -2.25. The third kappa shape index (κ3) is 4.33. The Morgan fingerprint density at radius 3 is 2.76 bits per heavy atom. The molecule has 1 aromatic carbocycles. The third-order valence-corrected chi connectivity index (χ3v) is 3.27. The summed E-state index contributed by atoms with van der Waals surface area (Å²) in [4.78, 5) is 11.6. The van der Waals surface area contributed by atoms with Crippen molar-refractivity contribution in [3.8, 4) is 5.75 Å². The normalized spacial score (nSPS) is 18.0. The van der Waals surface area contributed by atoms with Crippen LogP contribution in [-0.4, -0.2) is 26.0 Å². The first kappa shape index (κ1) is 15.6. The van der Waals surface area contributed by atoms with Crippen LogP contribution in [0.3, 0.4) is 0 Å². The molecule has 0 amide bonds. The van der Waals surface area contributed by atoms with Crippen LogP contribution in [0.2, 0.25) is 0 Å². The Balaban J connectivity index is 2.26. The molecule has 0 spiro atoms. The molecule has 0 bridgehead atoms. The van der Waals surface area contributed by atoms with E-state index in [1.54, 1.807) is 18.2 Å². The van der Waals surface area contributed by atoms with Crippen LogP contribution in [0.5, 0.6) is 5.75 Å². The van der Waals surface area contributed by atoms with Crippen molar-refractivity contribution in [2.24, 2.45) is 0 Å². The van der Waals surface area contributed by atoms with E-state index in [1.165, 1.54) is 7.11 Å². The molecule has 0 saturated carbocycles. The van der Waals surface area contributed by atoms with E-state index in [9.17, 15) is 4.79 Å². The SMILES string of the molecule is COC(=O)c1ccc(OC2CCCCO2)c(C=C(C)C)c1. The van der Waals surface area contributed by atoms with Gasteiger partial charge in [0.25, 0.3) is 0 Å². The molecule has 0 aromatic heterocycles. The van der Waals surface area contributed by atoms with Gasteiger partial charge in [0, 0.05) is 12.0 Å². The van der Waals surface area contributed by atoms with Gasteiger partial charge in [0.1, 0.15) is 5.75 Å². The number of benzene rings is 1. The summed E-state index contributed by atoms with van der Waals surface area (Å²) in [5.41, 5.74) is 2.51. The summed E-state index contributed by atoms with van der Waals surface area (Å²) in [5.74, 6) is 0.384.